The second-order valence-electron chi connectivity index (χ2n) is 7.77. The lowest BCUT2D eigenvalue weighted by atomic mass is 9.90. The van der Waals surface area contributed by atoms with Crippen molar-refractivity contribution in [3.8, 4) is 0 Å². The SMILES string of the molecule is Cc1[nH]c2ccccc2c1CCNC(=O)NNC(=O)c1cc2c(s1)CCC(C)C2. The molecule has 1 aromatic carbocycles. The fraction of sp³-hybridized carbons (Fsp3) is 0.364. The van der Waals surface area contributed by atoms with Crippen LogP contribution in [0, 0.1) is 12.8 Å². The van der Waals surface area contributed by atoms with Crippen molar-refractivity contribution in [3.05, 3.63) is 56.9 Å². The first-order valence-electron chi connectivity index (χ1n) is 10.0. The number of nitrogens with one attached hydrogen (secondary N) is 4. The third-order valence-electron chi connectivity index (χ3n) is 5.53. The molecule has 0 fully saturated rings. The summed E-state index contributed by atoms with van der Waals surface area (Å²) in [6.45, 7) is 4.76. The van der Waals surface area contributed by atoms with E-state index in [1.165, 1.54) is 39.1 Å². The molecule has 0 bridgehead atoms. The third kappa shape index (κ3) is 4.29. The number of benzene rings is 1. The van der Waals surface area contributed by atoms with Gasteiger partial charge in [-0.1, -0.05) is 25.1 Å². The number of fused-ring (bicyclic) bond motifs is 2. The molecule has 3 amide bonds. The van der Waals surface area contributed by atoms with Crippen LogP contribution in [-0.2, 0) is 19.3 Å². The Morgan fingerprint density at radius 2 is 2.07 bits per heavy atom. The van der Waals surface area contributed by atoms with Gasteiger partial charge in [-0.2, -0.15) is 0 Å². The molecule has 0 radical (unpaired) electrons. The average Bonchev–Trinajstić information content (AvgIpc) is 3.26. The number of urea groups is 1. The predicted octanol–water partition coefficient (Wildman–Crippen LogP) is 3.85. The minimum absolute atomic E-state index is 0.264. The largest absolute Gasteiger partial charge is 0.358 e. The van der Waals surface area contributed by atoms with Crippen molar-refractivity contribution in [2.45, 2.75) is 39.5 Å². The molecular weight excluding hydrogens is 384 g/mol. The van der Waals surface area contributed by atoms with Gasteiger partial charge in [0.2, 0.25) is 0 Å². The molecule has 4 rings (SSSR count). The highest BCUT2D eigenvalue weighted by atomic mass is 32.1. The zero-order valence-electron chi connectivity index (χ0n) is 16.7. The molecule has 6 nitrogen and oxygen atoms in total. The number of hydrogen-bond donors (Lipinski definition) is 4. The highest BCUT2D eigenvalue weighted by Crippen LogP contribution is 2.32. The number of aromatic amines is 1. The number of para-hydroxylation sites is 1. The number of aryl methyl sites for hydroxylation is 2. The molecule has 2 heterocycles. The van der Waals surface area contributed by atoms with Crippen molar-refractivity contribution in [3.63, 3.8) is 0 Å². The summed E-state index contributed by atoms with van der Waals surface area (Å²) in [7, 11) is 0. The Balaban J connectivity index is 1.26. The molecule has 2 aromatic heterocycles. The number of carbonyl (C=O) groups excluding carboxylic acids is 2. The summed E-state index contributed by atoms with van der Waals surface area (Å²) in [6, 6.07) is 9.69. The molecule has 152 valence electrons. The van der Waals surface area contributed by atoms with Crippen LogP contribution in [0.2, 0.25) is 0 Å². The van der Waals surface area contributed by atoms with Gasteiger partial charge in [0, 0.05) is 28.0 Å². The quantitative estimate of drug-likeness (QED) is 0.493. The molecule has 4 N–H and O–H groups in total. The Bertz CT molecular complexity index is 1050. The number of rotatable bonds is 4. The van der Waals surface area contributed by atoms with Crippen LogP contribution in [0.4, 0.5) is 4.79 Å². The van der Waals surface area contributed by atoms with Crippen LogP contribution in [0.25, 0.3) is 10.9 Å². The van der Waals surface area contributed by atoms with Crippen LogP contribution in [0.3, 0.4) is 0 Å². The van der Waals surface area contributed by atoms with Crippen LogP contribution in [0.15, 0.2) is 30.3 Å². The van der Waals surface area contributed by atoms with Crippen molar-refractivity contribution in [1.82, 2.24) is 21.2 Å². The molecular formula is C22H26N4O2S. The van der Waals surface area contributed by atoms with Crippen LogP contribution in [0.1, 0.15) is 44.7 Å². The third-order valence-corrected chi connectivity index (χ3v) is 6.77. The summed E-state index contributed by atoms with van der Waals surface area (Å²) in [5.74, 6) is 0.400. The van der Waals surface area contributed by atoms with E-state index in [1.807, 2.05) is 31.2 Å². The van der Waals surface area contributed by atoms with Crippen LogP contribution < -0.4 is 16.2 Å². The van der Waals surface area contributed by atoms with E-state index in [2.05, 4.69) is 34.1 Å². The topological polar surface area (TPSA) is 86.0 Å². The number of aromatic nitrogens is 1. The number of hydrogen-bond acceptors (Lipinski definition) is 3. The fourth-order valence-electron chi connectivity index (χ4n) is 3.99. The molecule has 0 aliphatic heterocycles. The summed E-state index contributed by atoms with van der Waals surface area (Å²) >= 11 is 1.53. The summed E-state index contributed by atoms with van der Waals surface area (Å²) < 4.78 is 0. The van der Waals surface area contributed by atoms with Crippen molar-refractivity contribution >= 4 is 34.2 Å². The van der Waals surface area contributed by atoms with Gasteiger partial charge in [0.15, 0.2) is 0 Å². The molecule has 0 spiro atoms. The maximum Gasteiger partial charge on any atom is 0.333 e. The summed E-state index contributed by atoms with van der Waals surface area (Å²) in [5, 5.41) is 3.98. The molecule has 0 saturated carbocycles. The van der Waals surface area contributed by atoms with Gasteiger partial charge in [-0.15, -0.1) is 11.3 Å². The predicted molar refractivity (Wildman–Crippen MR) is 116 cm³/mol. The van der Waals surface area contributed by atoms with Gasteiger partial charge in [0.1, 0.15) is 0 Å². The van der Waals surface area contributed by atoms with E-state index >= 15 is 0 Å². The fourth-order valence-corrected chi connectivity index (χ4v) is 5.10. The van der Waals surface area contributed by atoms with Gasteiger partial charge in [0.05, 0.1) is 4.88 Å². The lowest BCUT2D eigenvalue weighted by Gasteiger charge is -2.16. The molecule has 0 saturated heterocycles. The van der Waals surface area contributed by atoms with E-state index in [4.69, 9.17) is 0 Å². The van der Waals surface area contributed by atoms with E-state index in [1.54, 1.807) is 0 Å². The van der Waals surface area contributed by atoms with E-state index in [-0.39, 0.29) is 5.91 Å². The highest BCUT2D eigenvalue weighted by molar-refractivity contribution is 7.14. The zero-order valence-corrected chi connectivity index (χ0v) is 17.5. The number of hydrazine groups is 1. The number of H-pyrrole nitrogens is 1. The average molecular weight is 411 g/mol. The Morgan fingerprint density at radius 1 is 1.24 bits per heavy atom. The molecule has 1 aliphatic rings. The van der Waals surface area contributed by atoms with Crippen LogP contribution >= 0.6 is 11.3 Å². The van der Waals surface area contributed by atoms with Gasteiger partial charge in [-0.25, -0.2) is 10.2 Å². The number of carbonyl (C=O) groups is 2. The Hall–Kier alpha value is -2.80. The first-order valence-corrected chi connectivity index (χ1v) is 10.8. The Labute approximate surface area is 174 Å². The maximum absolute atomic E-state index is 12.4. The minimum atomic E-state index is -0.411. The standard InChI is InChI=1S/C22H26N4O2S/c1-13-7-8-19-15(11-13)12-20(29-19)21(27)25-26-22(28)23-10-9-16-14(2)24-18-6-4-3-5-17(16)18/h3-6,12-13,24H,7-11H2,1-2H3,(H,25,27)(H2,23,26,28). The van der Waals surface area contributed by atoms with E-state index in [0.717, 1.165) is 24.1 Å². The van der Waals surface area contributed by atoms with Crippen LogP contribution in [-0.4, -0.2) is 23.5 Å². The number of amides is 3. The summed E-state index contributed by atoms with van der Waals surface area (Å²) in [6.07, 6.45) is 3.95. The van der Waals surface area contributed by atoms with Crippen molar-refractivity contribution in [2.75, 3.05) is 6.54 Å². The lowest BCUT2D eigenvalue weighted by Crippen LogP contribution is -2.47. The summed E-state index contributed by atoms with van der Waals surface area (Å²) in [5.41, 5.74) is 9.64. The van der Waals surface area contributed by atoms with E-state index in [0.29, 0.717) is 23.8 Å². The summed E-state index contributed by atoms with van der Waals surface area (Å²) in [4.78, 5) is 29.7. The zero-order chi connectivity index (χ0) is 20.4. The maximum atomic E-state index is 12.4. The van der Waals surface area contributed by atoms with Crippen molar-refractivity contribution in [2.24, 2.45) is 5.92 Å². The Morgan fingerprint density at radius 3 is 2.93 bits per heavy atom. The minimum Gasteiger partial charge on any atom is -0.358 e. The molecule has 7 heteroatoms. The molecule has 29 heavy (non-hydrogen) atoms. The normalized spacial score (nSPS) is 15.7. The van der Waals surface area contributed by atoms with Crippen molar-refractivity contribution in [1.29, 1.82) is 0 Å². The van der Waals surface area contributed by atoms with E-state index < -0.39 is 6.03 Å². The molecule has 1 unspecified atom stereocenters. The van der Waals surface area contributed by atoms with E-state index in [9.17, 15) is 9.59 Å². The smallest absolute Gasteiger partial charge is 0.333 e. The lowest BCUT2D eigenvalue weighted by molar-refractivity contribution is 0.0940. The van der Waals surface area contributed by atoms with Crippen LogP contribution in [0.5, 0.6) is 0 Å². The van der Waals surface area contributed by atoms with Gasteiger partial charge in [0.25, 0.3) is 5.91 Å². The van der Waals surface area contributed by atoms with Gasteiger partial charge in [-0.3, -0.25) is 10.2 Å². The highest BCUT2D eigenvalue weighted by Gasteiger charge is 2.20. The molecule has 3 aromatic rings. The first kappa shape index (κ1) is 19.5. The van der Waals surface area contributed by atoms with Gasteiger partial charge in [-0.05, 0) is 61.8 Å². The molecule has 1 aliphatic carbocycles. The first-order chi connectivity index (χ1) is 14.0. The second-order valence-corrected chi connectivity index (χ2v) is 8.90. The van der Waals surface area contributed by atoms with Crippen molar-refractivity contribution < 1.29 is 9.59 Å². The second kappa shape index (κ2) is 8.29. The van der Waals surface area contributed by atoms with Gasteiger partial charge >= 0.3 is 6.03 Å². The monoisotopic (exact) mass is 410 g/mol. The number of thiophene rings is 1. The molecule has 1 atom stereocenters. The Kier molecular flexibility index (Phi) is 5.58. The van der Waals surface area contributed by atoms with Gasteiger partial charge < -0.3 is 10.3 Å².